The minimum absolute atomic E-state index is 0. The number of halogens is 5. The van der Waals surface area contributed by atoms with Crippen LogP contribution in [-0.4, -0.2) is 142 Å². The molecule has 27 nitrogen and oxygen atoms in total. The smallest absolute Gasteiger partial charge is 0.668 e. The van der Waals surface area contributed by atoms with Gasteiger partial charge in [-0.2, -0.15) is 0 Å². The van der Waals surface area contributed by atoms with Gasteiger partial charge in [-0.15, -0.1) is 42.4 Å². The van der Waals surface area contributed by atoms with E-state index in [9.17, 15) is 33.0 Å². The maximum absolute atomic E-state index is 12.8. The van der Waals surface area contributed by atoms with Crippen LogP contribution in [0.2, 0.25) is 64.7 Å². The Kier molecular flexibility index (Phi) is 27.0. The Hall–Kier alpha value is -6.94. The van der Waals surface area contributed by atoms with Gasteiger partial charge in [-0.1, -0.05) is 120 Å². The van der Waals surface area contributed by atoms with Gasteiger partial charge in [0.15, 0.2) is 43.0 Å². The van der Waals surface area contributed by atoms with Gasteiger partial charge in [0.25, 0.3) is 17.7 Å². The molecule has 0 radical (unpaired) electrons. The van der Waals surface area contributed by atoms with Crippen molar-refractivity contribution in [2.75, 3.05) is 60.9 Å². The summed E-state index contributed by atoms with van der Waals surface area (Å²) in [5, 5.41) is 56.7. The number of aliphatic hydroxyl groups is 2. The number of hydrogen-bond donors (Lipinski definition) is 10. The molecule has 8 aromatic rings. The van der Waals surface area contributed by atoms with E-state index in [1.807, 2.05) is 35.9 Å². The van der Waals surface area contributed by atoms with Crippen LogP contribution in [0.4, 0.5) is 46.3 Å². The summed E-state index contributed by atoms with van der Waals surface area (Å²) in [6.07, 6.45) is 12.6. The van der Waals surface area contributed by atoms with Crippen molar-refractivity contribution in [2.24, 2.45) is 0 Å². The summed E-state index contributed by atoms with van der Waals surface area (Å²) in [6, 6.07) is 18.1. The van der Waals surface area contributed by atoms with Crippen LogP contribution in [-0.2, 0) is 21.0 Å². The molecule has 3 aliphatic rings. The number of rotatable bonds is 18. The molecule has 0 aliphatic heterocycles. The first-order valence-corrected chi connectivity index (χ1v) is 43.5. The van der Waals surface area contributed by atoms with Crippen molar-refractivity contribution < 1.29 is 64.2 Å². The first-order valence-electron chi connectivity index (χ1n) is 36.1. The topological polar surface area (TPSA) is 406 Å². The molecule has 0 bridgehead atoms. The van der Waals surface area contributed by atoms with E-state index < -0.39 is 81.9 Å². The standard InChI is InChI=1S/C23H26ClN7O4S.C15H16ClN5O.C9H12N2S.C8H11ClN2O.C6H5Cl2N3O.C6H18NSi2.Li/c1-23(2,33)13-11-26-18(9-14(13)24)29-19-10-16(20(31-30-19)22(32)25-3)28-21-17(36(4,34)35)8-7-15(27-21)12-5-6-12;1-8-3-6-10(9-4-5-9)18-14(8)19-11-7-12(16)20-21-13(11)15(22)17-2;1-12-8-5-4-7(6-2-3-6)11-9(8)10;1-8(2,12)5-4-11-7(10)3-6(5)9;1-9-6(12)5-3(7)2-4(8)10-11-5;1-8(2,3)7-9(4,5)6;/h7-12,33H,5-6H2,1-4H3,(H,25,32)(H2,26,27,28,29,30);3,6-7,9H,4-5H2,1-2H3,(H,17,22)(H,18,19,20);4-6H,2-3H2,1H3,(H2,10,11);3-4,12H,1-2H3,(H2,10,11);2H,1H3,(H,9,12);1-6H3;/q;;;;;-1;+1/i3D3;2D3;;;1D3;;. The number of carbonyl (C=O) groups is 3. The number of sulfone groups is 1. The molecule has 12 N–H and O–H groups in total. The number of nitrogens with two attached hydrogens (primary N) is 2. The Morgan fingerprint density at radius 1 is 0.577 bits per heavy atom. The summed E-state index contributed by atoms with van der Waals surface area (Å²) in [7, 11) is -5.94. The maximum atomic E-state index is 12.8. The van der Waals surface area contributed by atoms with Gasteiger partial charge in [0.2, 0.25) is 0 Å². The second-order valence-corrected chi connectivity index (χ2v) is 41.0. The van der Waals surface area contributed by atoms with E-state index in [-0.39, 0.29) is 90.2 Å². The molecule has 0 aromatic carbocycles. The largest absolute Gasteiger partial charge is 1.00 e. The van der Waals surface area contributed by atoms with E-state index in [1.165, 1.54) is 67.3 Å². The minimum atomic E-state index is -3.73. The molecule has 0 spiro atoms. The van der Waals surface area contributed by atoms with Crippen LogP contribution in [0.1, 0.15) is 162 Å². The van der Waals surface area contributed by atoms with Crippen molar-refractivity contribution in [3.63, 3.8) is 0 Å². The Morgan fingerprint density at radius 2 is 1.02 bits per heavy atom. The van der Waals surface area contributed by atoms with Gasteiger partial charge in [-0.25, -0.2) is 33.3 Å². The molecule has 104 heavy (non-hydrogen) atoms. The number of hydrogen-bond acceptors (Lipinski definition) is 24. The third kappa shape index (κ3) is 27.8. The van der Waals surface area contributed by atoms with Crippen LogP contribution in [0.25, 0.3) is 4.65 Å². The molecular formula is C67H88Cl5LiN20O7S2Si2. The first-order chi connectivity index (χ1) is 51.5. The summed E-state index contributed by atoms with van der Waals surface area (Å²) in [6.45, 7) is 14.0. The number of anilines is 8. The Morgan fingerprint density at radius 3 is 1.47 bits per heavy atom. The molecule has 8 heterocycles. The molecule has 8 aromatic heterocycles. The van der Waals surface area contributed by atoms with Crippen LogP contribution < -0.4 is 62.2 Å². The number of nitrogens with one attached hydrogen (secondary N) is 6. The number of aromatic nitrogens is 11. The second-order valence-electron chi connectivity index (χ2n) is 26.6. The molecule has 0 saturated heterocycles. The number of pyridine rings is 5. The molecule has 0 unspecified atom stereocenters. The van der Waals surface area contributed by atoms with Gasteiger partial charge in [0.1, 0.15) is 34.0 Å². The molecule has 3 amide bonds. The number of aryl methyl sites for hydroxylation is 1. The van der Waals surface area contributed by atoms with Crippen molar-refractivity contribution in [3.8, 4) is 0 Å². The fraction of sp³-hybridized carbons (Fsp3) is 0.403. The van der Waals surface area contributed by atoms with E-state index >= 15 is 0 Å². The number of nitrogens with zero attached hydrogens (tertiary/aromatic N) is 12. The molecule has 3 fully saturated rings. The van der Waals surface area contributed by atoms with E-state index in [1.54, 1.807) is 50.8 Å². The number of nitrogen functional groups attached to an aromatic ring is 2. The van der Waals surface area contributed by atoms with E-state index in [4.69, 9.17) is 86.5 Å². The monoisotopic (exact) mass is 1600 g/mol. The first kappa shape index (κ1) is 73.9. The normalized spacial score (nSPS) is 14.9. The fourth-order valence-electron chi connectivity index (χ4n) is 9.25. The average Bonchev–Trinajstić information content (AvgIpc) is 1.77. The maximum Gasteiger partial charge on any atom is 1.00 e. The third-order valence-electron chi connectivity index (χ3n) is 14.3. The molecular weight excluding hydrogens is 1500 g/mol. The third-order valence-corrected chi connectivity index (χ3v) is 22.8. The van der Waals surface area contributed by atoms with Gasteiger partial charge < -0.3 is 58.2 Å². The number of amides is 3. The van der Waals surface area contributed by atoms with Gasteiger partial charge in [-0.05, 0) is 133 Å². The van der Waals surface area contributed by atoms with Crippen molar-refractivity contribution in [2.45, 2.75) is 151 Å². The van der Waals surface area contributed by atoms with Gasteiger partial charge >= 0.3 is 18.9 Å². The summed E-state index contributed by atoms with van der Waals surface area (Å²) < 4.78 is 93.7. The number of carbonyl (C=O) groups excluding carboxylic acids is 3. The average molecular weight is 1600 g/mol. The quantitative estimate of drug-likeness (QED) is 0.0282. The zero-order chi connectivity index (χ0) is 84.2. The van der Waals surface area contributed by atoms with Gasteiger partial charge in [-0.3, -0.25) is 14.4 Å². The Balaban J connectivity index is 0.000000264. The van der Waals surface area contributed by atoms with Gasteiger partial charge in [0, 0.05) is 115 Å². The Labute approximate surface area is 663 Å². The summed E-state index contributed by atoms with van der Waals surface area (Å²) >= 11 is 30.7. The minimum Gasteiger partial charge on any atom is -0.668 e. The fourth-order valence-corrected chi connectivity index (χ4v) is 19.9. The predicted octanol–water partition coefficient (Wildman–Crippen LogP) is 11.1. The van der Waals surface area contributed by atoms with Crippen molar-refractivity contribution in [1.82, 2.24) is 71.5 Å². The summed E-state index contributed by atoms with van der Waals surface area (Å²) in [5.74, 6) is 0.379. The molecule has 3 saturated carbocycles. The van der Waals surface area contributed by atoms with Crippen molar-refractivity contribution in [3.05, 3.63) is 160 Å². The second kappa shape index (κ2) is 38.0. The molecule has 554 valence electrons. The zero-order valence-corrected chi connectivity index (χ0v) is 67.1. The van der Waals surface area contributed by atoms with E-state index in [0.717, 1.165) is 48.1 Å². The Bertz CT molecular complexity index is 4800. The van der Waals surface area contributed by atoms with E-state index in [0.29, 0.717) is 51.1 Å². The van der Waals surface area contributed by atoms with Crippen LogP contribution in [0, 0.1) is 6.92 Å². The molecule has 3 aliphatic carbocycles. The summed E-state index contributed by atoms with van der Waals surface area (Å²) in [5.41, 5.74) is 13.0. The molecule has 11 rings (SSSR count). The predicted molar refractivity (Wildman–Crippen MR) is 417 cm³/mol. The van der Waals surface area contributed by atoms with Crippen LogP contribution in [0.15, 0.2) is 88.9 Å². The molecule has 37 heteroatoms. The van der Waals surface area contributed by atoms with Crippen molar-refractivity contribution in [1.29, 1.82) is 0 Å². The van der Waals surface area contributed by atoms with Crippen LogP contribution >= 0.6 is 69.8 Å². The summed E-state index contributed by atoms with van der Waals surface area (Å²) in [4.78, 5) is 58.7. The zero-order valence-electron chi connectivity index (χ0n) is 68.6. The van der Waals surface area contributed by atoms with Crippen LogP contribution in [0.3, 0.4) is 0 Å². The van der Waals surface area contributed by atoms with Crippen LogP contribution in [0.5, 0.6) is 0 Å². The van der Waals surface area contributed by atoms with E-state index in [2.05, 4.69) is 123 Å². The molecule has 0 atom stereocenters. The number of thioether (sulfide) groups is 1. The van der Waals surface area contributed by atoms with Gasteiger partial charge in [0.05, 0.1) is 37.6 Å². The van der Waals surface area contributed by atoms with Crippen molar-refractivity contribution >= 4 is 160 Å². The SMILES string of the molecule is CC(C)(O)c1cnc(N)cc1Cl.CSc1ccc(C2CC2)nc1N.C[Si](C)(C)[N-][Si](C)(C)C.[2H]C([2H])([2H])NC(=O)c1nnc(Cl)cc1Cl.[2H]C([2H])([2H])NC(=O)c1nnc(Cl)cc1Nc1nc(C2CC2)ccc1C.[2H]C([2H])([2H])NC(=O)c1nnc(Nc2cc(Cl)c(C(C)(C)O)cn2)cc1Nc1nc(C2CC2)ccc1S(C)(=O)=O.[Li+].